The van der Waals surface area contributed by atoms with E-state index in [1.54, 1.807) is 0 Å². The number of nitrogens with one attached hydrogen (secondary N) is 6. The molecule has 354 valence electrons. The zero-order valence-electron chi connectivity index (χ0n) is 33.2. The Morgan fingerprint density at radius 1 is 0.484 bits per heavy atom. The van der Waals surface area contributed by atoms with Crippen molar-refractivity contribution in [2.75, 3.05) is 36.1 Å². The molecule has 0 bridgehead atoms. The fourth-order valence-corrected chi connectivity index (χ4v) is 9.03. The van der Waals surface area contributed by atoms with Gasteiger partial charge >= 0.3 is 35.8 Å². The van der Waals surface area contributed by atoms with Gasteiger partial charge < -0.3 is 74.0 Å². The summed E-state index contributed by atoms with van der Waals surface area (Å²) in [6.07, 6.45) is -1.30. The van der Waals surface area contributed by atoms with Crippen LogP contribution in [0.4, 0.5) is 0 Å². The van der Waals surface area contributed by atoms with E-state index in [0.29, 0.717) is 0 Å². The number of carboxylic acids is 6. The smallest absolute Gasteiger partial charge is 0.327 e. The van der Waals surface area contributed by atoms with Gasteiger partial charge in [0.1, 0.15) is 49.3 Å². The van der Waals surface area contributed by atoms with Crippen molar-refractivity contribution >= 4 is 114 Å². The number of hydrogen-bond acceptors (Lipinski definition) is 18. The quantitative estimate of drug-likeness (QED) is 0.0247. The minimum absolute atomic E-state index is 0.201. The summed E-state index contributed by atoms with van der Waals surface area (Å²) in [7, 11) is 3.46. The van der Waals surface area contributed by atoms with Crippen LogP contribution in [0.1, 0.15) is 46.4 Å². The van der Waals surface area contributed by atoms with Gasteiger partial charge in [-0.15, -0.1) is 0 Å². The van der Waals surface area contributed by atoms with E-state index in [4.69, 9.17) is 31.9 Å². The molecule has 0 fully saturated rings. The first kappa shape index (κ1) is 56.2. The van der Waals surface area contributed by atoms with Gasteiger partial charge in [0, 0.05) is 47.0 Å². The first-order chi connectivity index (χ1) is 30.0. The van der Waals surface area contributed by atoms with Crippen LogP contribution in [0.3, 0.4) is 0 Å². The summed E-state index contributed by atoms with van der Waals surface area (Å²) in [5.74, 6) is -14.8. The van der Waals surface area contributed by atoms with Gasteiger partial charge in [-0.05, 0) is 31.0 Å². The molecule has 0 aliphatic heterocycles. The predicted molar refractivity (Wildman–Crippen MR) is 229 cm³/mol. The number of nitrogens with two attached hydrogens (primary N) is 2. The molecule has 0 saturated carbocycles. The van der Waals surface area contributed by atoms with Crippen LogP contribution in [0.5, 0.6) is 0 Å². The van der Waals surface area contributed by atoms with E-state index < -0.39 is 121 Å². The summed E-state index contributed by atoms with van der Waals surface area (Å²) in [6, 6.07) is -3.68. The van der Waals surface area contributed by atoms with Crippen molar-refractivity contribution in [3.8, 4) is 0 Å². The summed E-state index contributed by atoms with van der Waals surface area (Å²) in [6.45, 7) is -1.57. The van der Waals surface area contributed by atoms with Crippen molar-refractivity contribution < 1.29 is 88.2 Å². The third-order valence-electron chi connectivity index (χ3n) is 7.83. The SMILES string of the molecule is NC(CCC(=O)NC(CSSCC(NC(=O)c1cccc(C(=O)NC(CSSCC(NC(=O)CCC(N)C(=O)O)C(=O)NCC(=O)O)C(=O)O)c1)C(=O)O)C(=O)NCC(=O)O)C(=O)O. The maximum Gasteiger partial charge on any atom is 0.327 e. The van der Waals surface area contributed by atoms with Crippen molar-refractivity contribution in [3.05, 3.63) is 35.4 Å². The number of hydrogen-bond donors (Lipinski definition) is 14. The van der Waals surface area contributed by atoms with Crippen LogP contribution in [0.15, 0.2) is 24.3 Å². The van der Waals surface area contributed by atoms with E-state index in [1.807, 2.05) is 0 Å². The summed E-state index contributed by atoms with van der Waals surface area (Å²) >= 11 is 0. The van der Waals surface area contributed by atoms with E-state index in [0.717, 1.165) is 49.2 Å². The number of carbonyl (C=O) groups is 12. The fraction of sp³-hybridized carbons (Fsp3) is 0.471. The lowest BCUT2D eigenvalue weighted by Gasteiger charge is -2.19. The Labute approximate surface area is 378 Å². The molecule has 6 amide bonds. The second-order valence-electron chi connectivity index (χ2n) is 12.9. The van der Waals surface area contributed by atoms with Gasteiger partial charge in [-0.1, -0.05) is 49.2 Å². The van der Waals surface area contributed by atoms with Gasteiger partial charge in [-0.25, -0.2) is 9.59 Å². The molecule has 1 aromatic carbocycles. The monoisotopic (exact) mass is 982 g/mol. The van der Waals surface area contributed by atoms with Gasteiger partial charge in [-0.2, -0.15) is 0 Å². The Morgan fingerprint density at radius 2 is 0.812 bits per heavy atom. The third-order valence-corrected chi connectivity index (χ3v) is 12.7. The fourth-order valence-electron chi connectivity index (χ4n) is 4.39. The second-order valence-corrected chi connectivity index (χ2v) is 18.0. The first-order valence-electron chi connectivity index (χ1n) is 18.2. The highest BCUT2D eigenvalue weighted by Crippen LogP contribution is 2.25. The number of rotatable bonds is 32. The number of carbonyl (C=O) groups excluding carboxylic acids is 6. The van der Waals surface area contributed by atoms with Crippen molar-refractivity contribution in [1.29, 1.82) is 0 Å². The van der Waals surface area contributed by atoms with E-state index >= 15 is 0 Å². The van der Waals surface area contributed by atoms with Gasteiger partial charge in [-0.3, -0.25) is 47.9 Å². The van der Waals surface area contributed by atoms with Crippen molar-refractivity contribution in [1.82, 2.24) is 31.9 Å². The normalized spacial score (nSPS) is 13.5. The van der Waals surface area contributed by atoms with E-state index in [1.165, 1.54) is 18.2 Å². The molecule has 1 rings (SSSR count). The lowest BCUT2D eigenvalue weighted by molar-refractivity contribution is -0.140. The predicted octanol–water partition coefficient (Wildman–Crippen LogP) is -3.43. The van der Waals surface area contributed by atoms with Gasteiger partial charge in [0.2, 0.25) is 23.6 Å². The Kier molecular flexibility index (Phi) is 25.9. The van der Waals surface area contributed by atoms with Gasteiger partial charge in [0.15, 0.2) is 0 Å². The molecule has 6 unspecified atom stereocenters. The van der Waals surface area contributed by atoms with Crippen LogP contribution >= 0.6 is 43.2 Å². The van der Waals surface area contributed by atoms with E-state index in [2.05, 4.69) is 31.9 Å². The number of aliphatic carboxylic acids is 6. The van der Waals surface area contributed by atoms with Crippen LogP contribution in [-0.2, 0) is 47.9 Å². The molecule has 0 aliphatic rings. The zero-order chi connectivity index (χ0) is 48.5. The molecular weight excluding hydrogens is 937 g/mol. The highest BCUT2D eigenvalue weighted by atomic mass is 33.1. The molecule has 16 N–H and O–H groups in total. The number of carboxylic acid groups (broad SMARTS) is 6. The Morgan fingerprint density at radius 3 is 1.11 bits per heavy atom. The molecule has 64 heavy (non-hydrogen) atoms. The molecule has 0 aliphatic carbocycles. The summed E-state index contributed by atoms with van der Waals surface area (Å²) in [5.41, 5.74) is 10.4. The Balaban J connectivity index is 2.88. The molecule has 26 nitrogen and oxygen atoms in total. The largest absolute Gasteiger partial charge is 0.480 e. The summed E-state index contributed by atoms with van der Waals surface area (Å²) in [4.78, 5) is 144. The molecule has 0 heterocycles. The molecular formula is C34H46N8O18S4. The first-order valence-corrected chi connectivity index (χ1v) is 23.2. The van der Waals surface area contributed by atoms with Crippen LogP contribution in [0.25, 0.3) is 0 Å². The maximum absolute atomic E-state index is 13.1. The Bertz CT molecular complexity index is 1770. The van der Waals surface area contributed by atoms with Crippen molar-refractivity contribution in [2.45, 2.75) is 61.9 Å². The van der Waals surface area contributed by atoms with Crippen molar-refractivity contribution in [3.63, 3.8) is 0 Å². The van der Waals surface area contributed by atoms with Crippen LogP contribution in [-0.4, -0.2) is 174 Å². The lowest BCUT2D eigenvalue weighted by Crippen LogP contribution is -2.49. The standard InChI is InChI=1S/C34H46N8O18S4/c35-17(31(53)54)4-6-23(43)39-19(29(51)37-9-25(45)46)11-61-63-13-21(33(57)58)41-27(49)15-2-1-3-16(8-15)28(50)42-22(34(59)60)14-64-62-12-20(30(52)38-10-26(47)48)40-24(44)7-5-18(36)32(55)56/h1-3,8,17-22H,4-7,9-14,35-36H2,(H,37,51)(H,38,52)(H,39,43)(H,40,44)(H,41,49)(H,42,50)(H,45,46)(H,47,48)(H,53,54)(H,55,56)(H,57,58)(H,59,60). The highest BCUT2D eigenvalue weighted by Gasteiger charge is 2.27. The van der Waals surface area contributed by atoms with Crippen LogP contribution in [0, 0.1) is 0 Å². The van der Waals surface area contributed by atoms with Crippen LogP contribution < -0.4 is 43.4 Å². The summed E-state index contributed by atoms with van der Waals surface area (Å²) < 4.78 is 0. The van der Waals surface area contributed by atoms with Gasteiger partial charge in [0.05, 0.1) is 0 Å². The molecule has 0 radical (unpaired) electrons. The molecule has 6 atom stereocenters. The number of benzene rings is 1. The van der Waals surface area contributed by atoms with Crippen LogP contribution in [0.2, 0.25) is 0 Å². The minimum atomic E-state index is -1.55. The number of amides is 6. The molecule has 0 spiro atoms. The topological polar surface area (TPSA) is 450 Å². The molecule has 1 aromatic rings. The third kappa shape index (κ3) is 23.0. The second kappa shape index (κ2) is 29.5. The molecule has 0 aromatic heterocycles. The summed E-state index contributed by atoms with van der Waals surface area (Å²) in [5, 5.41) is 68.5. The zero-order valence-corrected chi connectivity index (χ0v) is 36.5. The van der Waals surface area contributed by atoms with E-state index in [9.17, 15) is 67.7 Å². The molecule has 0 saturated heterocycles. The minimum Gasteiger partial charge on any atom is -0.480 e. The van der Waals surface area contributed by atoms with Gasteiger partial charge in [0.25, 0.3) is 11.8 Å². The molecule has 30 heteroatoms. The van der Waals surface area contributed by atoms with E-state index in [-0.39, 0.29) is 59.8 Å². The average Bonchev–Trinajstić information content (AvgIpc) is 3.23. The average molecular weight is 983 g/mol. The lowest BCUT2D eigenvalue weighted by atomic mass is 10.1. The maximum atomic E-state index is 13.1. The van der Waals surface area contributed by atoms with Crippen molar-refractivity contribution in [2.24, 2.45) is 11.5 Å². The highest BCUT2D eigenvalue weighted by molar-refractivity contribution is 8.77. The Hall–Kier alpha value is -5.82.